The van der Waals surface area contributed by atoms with Crippen molar-refractivity contribution < 1.29 is 4.79 Å². The van der Waals surface area contributed by atoms with Gasteiger partial charge in [0.15, 0.2) is 11.0 Å². The molecule has 2 heterocycles. The Morgan fingerprint density at radius 3 is 2.45 bits per heavy atom. The van der Waals surface area contributed by atoms with E-state index in [-0.39, 0.29) is 11.7 Å². The highest BCUT2D eigenvalue weighted by Gasteiger charge is 2.19. The van der Waals surface area contributed by atoms with Crippen LogP contribution in [0.1, 0.15) is 5.56 Å². The third-order valence-corrected chi connectivity index (χ3v) is 5.22. The van der Waals surface area contributed by atoms with Crippen molar-refractivity contribution in [3.63, 3.8) is 0 Å². The smallest absolute Gasteiger partial charge is 0.233 e. The summed E-state index contributed by atoms with van der Waals surface area (Å²) >= 11 is 1.37. The van der Waals surface area contributed by atoms with E-state index in [2.05, 4.69) is 28.3 Å². The number of para-hydroxylation sites is 1. The van der Waals surface area contributed by atoms with Gasteiger partial charge in [0, 0.05) is 31.0 Å². The average molecular weight is 406 g/mol. The van der Waals surface area contributed by atoms with Crippen LogP contribution in [0.3, 0.4) is 0 Å². The highest BCUT2D eigenvalue weighted by molar-refractivity contribution is 7.99. The molecule has 0 spiro atoms. The number of carbonyl (C=O) groups is 1. The minimum absolute atomic E-state index is 0.000375. The van der Waals surface area contributed by atoms with Crippen LogP contribution in [0.2, 0.25) is 0 Å². The van der Waals surface area contributed by atoms with Crippen LogP contribution in [-0.4, -0.2) is 49.4 Å². The zero-order valence-electron chi connectivity index (χ0n) is 16.4. The first-order valence-electron chi connectivity index (χ1n) is 9.20. The summed E-state index contributed by atoms with van der Waals surface area (Å²) in [7, 11) is 0. The van der Waals surface area contributed by atoms with Crippen LogP contribution in [0, 0.1) is 6.92 Å². The molecule has 0 saturated heterocycles. The molecular weight excluding hydrogens is 382 g/mol. The third kappa shape index (κ3) is 4.81. The van der Waals surface area contributed by atoms with Crippen LogP contribution < -0.4 is 0 Å². The van der Waals surface area contributed by atoms with Gasteiger partial charge in [-0.05, 0) is 30.7 Å². The van der Waals surface area contributed by atoms with Gasteiger partial charge in [0.25, 0.3) is 0 Å². The lowest BCUT2D eigenvalue weighted by Crippen LogP contribution is -2.32. The first-order chi connectivity index (χ1) is 14.2. The number of aromatic nitrogens is 4. The van der Waals surface area contributed by atoms with Gasteiger partial charge >= 0.3 is 0 Å². The molecular formula is C22H23N5OS. The van der Waals surface area contributed by atoms with Crippen molar-refractivity contribution in [3.05, 3.63) is 79.7 Å². The molecule has 0 unspecified atom stereocenters. The van der Waals surface area contributed by atoms with Crippen LogP contribution in [-0.2, 0) is 4.79 Å². The summed E-state index contributed by atoms with van der Waals surface area (Å²) in [5, 5.41) is 9.45. The van der Waals surface area contributed by atoms with Crippen LogP contribution >= 0.6 is 11.8 Å². The fourth-order valence-electron chi connectivity index (χ4n) is 2.89. The van der Waals surface area contributed by atoms with E-state index in [4.69, 9.17) is 0 Å². The van der Waals surface area contributed by atoms with Gasteiger partial charge in [0.1, 0.15) is 0 Å². The Kier molecular flexibility index (Phi) is 6.97. The lowest BCUT2D eigenvalue weighted by atomic mass is 10.2. The lowest BCUT2D eigenvalue weighted by molar-refractivity contribution is -0.127. The Balaban J connectivity index is 1.94. The average Bonchev–Trinajstić information content (AvgIpc) is 3.16. The molecule has 0 atom stereocenters. The van der Waals surface area contributed by atoms with Crippen LogP contribution in [0.4, 0.5) is 0 Å². The summed E-state index contributed by atoms with van der Waals surface area (Å²) in [6.07, 6.45) is 6.88. The maximum Gasteiger partial charge on any atom is 0.233 e. The second-order valence-electron chi connectivity index (χ2n) is 6.33. The minimum Gasteiger partial charge on any atom is -0.335 e. The quantitative estimate of drug-likeness (QED) is 0.399. The van der Waals surface area contributed by atoms with Gasteiger partial charge in [-0.15, -0.1) is 23.4 Å². The van der Waals surface area contributed by atoms with Gasteiger partial charge in [0.2, 0.25) is 5.91 Å². The maximum atomic E-state index is 12.6. The Morgan fingerprint density at radius 2 is 1.79 bits per heavy atom. The molecule has 7 heteroatoms. The number of aryl methyl sites for hydroxylation is 1. The molecule has 0 saturated carbocycles. The van der Waals surface area contributed by atoms with Crippen LogP contribution in [0.15, 0.2) is 79.3 Å². The molecule has 1 aromatic carbocycles. The first-order valence-corrected chi connectivity index (χ1v) is 10.2. The van der Waals surface area contributed by atoms with E-state index in [0.717, 1.165) is 16.8 Å². The number of thioether (sulfide) groups is 1. The Hall–Kier alpha value is -3.19. The topological polar surface area (TPSA) is 63.9 Å². The van der Waals surface area contributed by atoms with E-state index in [9.17, 15) is 4.79 Å². The van der Waals surface area contributed by atoms with Gasteiger partial charge < -0.3 is 4.90 Å². The highest BCUT2D eigenvalue weighted by Crippen LogP contribution is 2.29. The fourth-order valence-corrected chi connectivity index (χ4v) is 3.74. The number of hydrogen-bond acceptors (Lipinski definition) is 5. The summed E-state index contributed by atoms with van der Waals surface area (Å²) in [6.45, 7) is 10.4. The molecule has 6 nitrogen and oxygen atoms in total. The number of nitrogens with zero attached hydrogens (tertiary/aromatic N) is 5. The lowest BCUT2D eigenvalue weighted by Gasteiger charge is -2.19. The normalized spacial score (nSPS) is 10.5. The predicted octanol–water partition coefficient (Wildman–Crippen LogP) is 3.93. The number of hydrogen-bond donors (Lipinski definition) is 0. The molecule has 0 radical (unpaired) electrons. The SMILES string of the molecule is C=CCN(CC=C)C(=O)CSc1nnc(-c2ccncc2)n1-c1ccccc1C. The molecule has 0 aliphatic carbocycles. The second kappa shape index (κ2) is 9.84. The summed E-state index contributed by atoms with van der Waals surface area (Å²) < 4.78 is 1.99. The third-order valence-electron chi connectivity index (χ3n) is 4.30. The standard InChI is InChI=1S/C22H23N5OS/c1-4-14-26(15-5-2)20(28)16-29-22-25-24-21(18-10-12-23-13-11-18)27(22)19-9-7-6-8-17(19)3/h4-13H,1-2,14-16H2,3H3. The van der Waals surface area contributed by atoms with Crippen molar-refractivity contribution in [3.8, 4) is 17.1 Å². The number of carbonyl (C=O) groups excluding carboxylic acids is 1. The van der Waals surface area contributed by atoms with E-state index in [0.29, 0.717) is 24.1 Å². The molecule has 0 N–H and O–H groups in total. The molecule has 1 amide bonds. The zero-order chi connectivity index (χ0) is 20.6. The summed E-state index contributed by atoms with van der Waals surface area (Å²) in [5.74, 6) is 0.965. The van der Waals surface area contributed by atoms with Crippen molar-refractivity contribution in [1.29, 1.82) is 0 Å². The Labute approximate surface area is 175 Å². The first kappa shape index (κ1) is 20.5. The fraction of sp³-hybridized carbons (Fsp3) is 0.182. The highest BCUT2D eigenvalue weighted by atomic mass is 32.2. The number of pyridine rings is 1. The molecule has 0 aliphatic heterocycles. The number of amides is 1. The van der Waals surface area contributed by atoms with E-state index < -0.39 is 0 Å². The minimum atomic E-state index is -0.000375. The molecule has 0 aliphatic rings. The predicted molar refractivity (Wildman–Crippen MR) is 117 cm³/mol. The maximum absolute atomic E-state index is 12.6. The molecule has 3 aromatic rings. The van der Waals surface area contributed by atoms with Gasteiger partial charge in [-0.2, -0.15) is 0 Å². The largest absolute Gasteiger partial charge is 0.335 e. The summed E-state index contributed by atoms with van der Waals surface area (Å²) in [4.78, 5) is 18.4. The summed E-state index contributed by atoms with van der Waals surface area (Å²) in [6, 6.07) is 11.8. The van der Waals surface area contributed by atoms with E-state index in [1.54, 1.807) is 29.4 Å². The second-order valence-corrected chi connectivity index (χ2v) is 7.27. The summed E-state index contributed by atoms with van der Waals surface area (Å²) in [5.41, 5.74) is 2.98. The zero-order valence-corrected chi connectivity index (χ0v) is 17.2. The molecule has 2 aromatic heterocycles. The number of benzene rings is 1. The van der Waals surface area contributed by atoms with Gasteiger partial charge in [-0.1, -0.05) is 42.1 Å². The molecule has 148 valence electrons. The van der Waals surface area contributed by atoms with Gasteiger partial charge in [0.05, 0.1) is 11.4 Å². The van der Waals surface area contributed by atoms with Crippen LogP contribution in [0.25, 0.3) is 17.1 Å². The van der Waals surface area contributed by atoms with E-state index in [1.807, 2.05) is 47.9 Å². The van der Waals surface area contributed by atoms with E-state index >= 15 is 0 Å². The van der Waals surface area contributed by atoms with Crippen molar-refractivity contribution in [2.75, 3.05) is 18.8 Å². The van der Waals surface area contributed by atoms with Crippen molar-refractivity contribution in [2.24, 2.45) is 0 Å². The van der Waals surface area contributed by atoms with Gasteiger partial charge in [-0.25, -0.2) is 0 Å². The van der Waals surface area contributed by atoms with Crippen molar-refractivity contribution in [2.45, 2.75) is 12.1 Å². The Bertz CT molecular complexity index is 989. The van der Waals surface area contributed by atoms with E-state index in [1.165, 1.54) is 11.8 Å². The molecule has 29 heavy (non-hydrogen) atoms. The van der Waals surface area contributed by atoms with Crippen molar-refractivity contribution in [1.82, 2.24) is 24.6 Å². The van der Waals surface area contributed by atoms with Crippen LogP contribution in [0.5, 0.6) is 0 Å². The monoisotopic (exact) mass is 405 g/mol. The van der Waals surface area contributed by atoms with Gasteiger partial charge in [-0.3, -0.25) is 14.3 Å². The Morgan fingerprint density at radius 1 is 1.10 bits per heavy atom. The van der Waals surface area contributed by atoms with Crippen molar-refractivity contribution >= 4 is 17.7 Å². The molecule has 0 bridgehead atoms. The molecule has 3 rings (SSSR count). The number of rotatable bonds is 9. The molecule has 0 fully saturated rings.